The van der Waals surface area contributed by atoms with E-state index in [9.17, 15) is 14.4 Å². The van der Waals surface area contributed by atoms with Gasteiger partial charge in [0.1, 0.15) is 0 Å². The molecule has 1 amide bonds. The van der Waals surface area contributed by atoms with Crippen LogP contribution in [-0.2, 0) is 13.0 Å². The standard InChI is InChI=1S/C20H20N4O3/c1-23(2)15-8-6-12(7-9-15)18(25)21-14-10-13-4-3-5-16-17(13)24(11-14)20(27)22-19(16)26/h3-9,14H,10-11H2,1-2H3,(H,21,25)(H,22,26,27). The minimum absolute atomic E-state index is 0.182. The summed E-state index contributed by atoms with van der Waals surface area (Å²) in [7, 11) is 3.88. The van der Waals surface area contributed by atoms with Crippen molar-refractivity contribution < 1.29 is 4.79 Å². The van der Waals surface area contributed by atoms with Crippen LogP contribution in [0.1, 0.15) is 15.9 Å². The number of rotatable bonds is 3. The van der Waals surface area contributed by atoms with E-state index in [-0.39, 0.29) is 17.5 Å². The number of carbonyl (C=O) groups excluding carboxylic acids is 1. The zero-order valence-corrected chi connectivity index (χ0v) is 15.2. The van der Waals surface area contributed by atoms with E-state index in [0.29, 0.717) is 29.4 Å². The number of para-hydroxylation sites is 1. The molecule has 2 N–H and O–H groups in total. The number of carbonyl (C=O) groups is 1. The molecule has 0 radical (unpaired) electrons. The molecule has 1 unspecified atom stereocenters. The molecule has 0 fully saturated rings. The van der Waals surface area contributed by atoms with Crippen LogP contribution < -0.4 is 21.5 Å². The van der Waals surface area contributed by atoms with Crippen molar-refractivity contribution in [2.45, 2.75) is 19.0 Å². The van der Waals surface area contributed by atoms with Gasteiger partial charge in [0, 0.05) is 31.9 Å². The number of hydrogen-bond donors (Lipinski definition) is 2. The Bertz CT molecular complexity index is 1140. The van der Waals surface area contributed by atoms with Crippen molar-refractivity contribution in [3.63, 3.8) is 0 Å². The van der Waals surface area contributed by atoms with Gasteiger partial charge in [0.2, 0.25) is 0 Å². The molecule has 2 heterocycles. The molecule has 0 bridgehead atoms. The van der Waals surface area contributed by atoms with Crippen LogP contribution in [0.5, 0.6) is 0 Å². The number of anilines is 1. The Morgan fingerprint density at radius 3 is 2.59 bits per heavy atom. The average molecular weight is 364 g/mol. The molecule has 1 aromatic heterocycles. The van der Waals surface area contributed by atoms with Crippen molar-refractivity contribution >= 4 is 22.5 Å². The molecule has 2 aromatic carbocycles. The average Bonchev–Trinajstić information content (AvgIpc) is 2.65. The second-order valence-electron chi connectivity index (χ2n) is 7.00. The summed E-state index contributed by atoms with van der Waals surface area (Å²) in [5.74, 6) is -0.182. The van der Waals surface area contributed by atoms with Gasteiger partial charge in [-0.25, -0.2) is 4.79 Å². The molecule has 27 heavy (non-hydrogen) atoms. The van der Waals surface area contributed by atoms with Gasteiger partial charge in [-0.15, -0.1) is 0 Å². The minimum Gasteiger partial charge on any atom is -0.378 e. The van der Waals surface area contributed by atoms with Crippen molar-refractivity contribution in [1.29, 1.82) is 0 Å². The van der Waals surface area contributed by atoms with Crippen LogP contribution in [0.2, 0.25) is 0 Å². The zero-order valence-electron chi connectivity index (χ0n) is 15.2. The van der Waals surface area contributed by atoms with E-state index < -0.39 is 5.69 Å². The Labute approximate surface area is 155 Å². The summed E-state index contributed by atoms with van der Waals surface area (Å²) in [5, 5.41) is 3.50. The van der Waals surface area contributed by atoms with Gasteiger partial charge in [-0.05, 0) is 42.3 Å². The molecular weight excluding hydrogens is 344 g/mol. The predicted octanol–water partition coefficient (Wildman–Crippen LogP) is 1.11. The van der Waals surface area contributed by atoms with E-state index in [1.54, 1.807) is 24.3 Å². The first kappa shape index (κ1) is 17.1. The van der Waals surface area contributed by atoms with Gasteiger partial charge in [-0.1, -0.05) is 12.1 Å². The molecule has 1 aliphatic heterocycles. The summed E-state index contributed by atoms with van der Waals surface area (Å²) in [6.45, 7) is 0.324. The number of H-pyrrole nitrogens is 1. The van der Waals surface area contributed by atoms with Crippen molar-refractivity contribution in [2.75, 3.05) is 19.0 Å². The van der Waals surface area contributed by atoms with E-state index in [0.717, 1.165) is 11.3 Å². The molecule has 7 nitrogen and oxygen atoms in total. The van der Waals surface area contributed by atoms with Crippen LogP contribution in [0.4, 0.5) is 5.69 Å². The van der Waals surface area contributed by atoms with Crippen LogP contribution in [0.15, 0.2) is 52.1 Å². The first-order valence-corrected chi connectivity index (χ1v) is 8.77. The highest BCUT2D eigenvalue weighted by Gasteiger charge is 2.24. The van der Waals surface area contributed by atoms with E-state index in [2.05, 4.69) is 10.3 Å². The molecule has 1 atom stereocenters. The predicted molar refractivity (Wildman–Crippen MR) is 105 cm³/mol. The van der Waals surface area contributed by atoms with Crippen LogP contribution >= 0.6 is 0 Å². The lowest BCUT2D eigenvalue weighted by molar-refractivity contribution is 0.0932. The molecule has 1 aliphatic rings. The monoisotopic (exact) mass is 364 g/mol. The second-order valence-corrected chi connectivity index (χ2v) is 7.00. The lowest BCUT2D eigenvalue weighted by atomic mass is 9.98. The van der Waals surface area contributed by atoms with Crippen molar-refractivity contribution in [3.05, 3.63) is 74.4 Å². The summed E-state index contributed by atoms with van der Waals surface area (Å²) < 4.78 is 1.54. The number of hydrogen-bond acceptors (Lipinski definition) is 4. The number of nitrogens with one attached hydrogen (secondary N) is 2. The molecule has 3 aromatic rings. The normalized spacial score (nSPS) is 15.6. The molecule has 0 spiro atoms. The SMILES string of the molecule is CN(C)c1ccc(C(=O)NC2Cc3cccc4c(=O)[nH]c(=O)n(c34)C2)cc1. The van der Waals surface area contributed by atoms with Crippen LogP contribution in [0.3, 0.4) is 0 Å². The van der Waals surface area contributed by atoms with Crippen molar-refractivity contribution in [3.8, 4) is 0 Å². The van der Waals surface area contributed by atoms with Crippen LogP contribution in [0, 0.1) is 0 Å². The minimum atomic E-state index is -0.450. The van der Waals surface area contributed by atoms with Crippen LogP contribution in [0.25, 0.3) is 10.9 Å². The molecule has 0 saturated heterocycles. The van der Waals surface area contributed by atoms with E-state index in [1.165, 1.54) is 4.57 Å². The number of benzene rings is 2. The van der Waals surface area contributed by atoms with Crippen molar-refractivity contribution in [2.24, 2.45) is 0 Å². The van der Waals surface area contributed by atoms with Gasteiger partial charge < -0.3 is 10.2 Å². The van der Waals surface area contributed by atoms with Gasteiger partial charge in [-0.3, -0.25) is 19.1 Å². The quantitative estimate of drug-likeness (QED) is 0.729. The van der Waals surface area contributed by atoms with Gasteiger partial charge >= 0.3 is 5.69 Å². The Morgan fingerprint density at radius 1 is 1.15 bits per heavy atom. The Hall–Kier alpha value is -3.35. The maximum Gasteiger partial charge on any atom is 0.328 e. The molecular formula is C20H20N4O3. The van der Waals surface area contributed by atoms with Gasteiger partial charge in [-0.2, -0.15) is 0 Å². The highest BCUT2D eigenvalue weighted by atomic mass is 16.2. The second kappa shape index (κ2) is 6.42. The zero-order chi connectivity index (χ0) is 19.1. The third kappa shape index (κ3) is 3.01. The number of aromatic nitrogens is 2. The maximum absolute atomic E-state index is 12.6. The van der Waals surface area contributed by atoms with Crippen molar-refractivity contribution in [1.82, 2.24) is 14.9 Å². The molecule has 7 heteroatoms. The highest BCUT2D eigenvalue weighted by molar-refractivity contribution is 5.95. The number of aromatic amines is 1. The van der Waals surface area contributed by atoms with Gasteiger partial charge in [0.05, 0.1) is 16.9 Å². The van der Waals surface area contributed by atoms with Gasteiger partial charge in [0.25, 0.3) is 11.5 Å². The fourth-order valence-corrected chi connectivity index (χ4v) is 3.59. The van der Waals surface area contributed by atoms with Gasteiger partial charge in [0.15, 0.2) is 0 Å². The summed E-state index contributed by atoms with van der Waals surface area (Å²) in [5.41, 5.74) is 2.30. The topological polar surface area (TPSA) is 87.2 Å². The largest absolute Gasteiger partial charge is 0.378 e. The van der Waals surface area contributed by atoms with E-state index in [1.807, 2.05) is 37.2 Å². The summed E-state index contributed by atoms with van der Waals surface area (Å²) in [6, 6.07) is 12.5. The summed E-state index contributed by atoms with van der Waals surface area (Å²) >= 11 is 0. The Morgan fingerprint density at radius 2 is 1.89 bits per heavy atom. The van der Waals surface area contributed by atoms with E-state index >= 15 is 0 Å². The summed E-state index contributed by atoms with van der Waals surface area (Å²) in [4.78, 5) is 41.2. The molecule has 4 rings (SSSR count). The Kier molecular flexibility index (Phi) is 4.07. The third-order valence-corrected chi connectivity index (χ3v) is 4.95. The molecule has 138 valence electrons. The number of nitrogens with zero attached hydrogens (tertiary/aromatic N) is 2. The summed E-state index contributed by atoms with van der Waals surface area (Å²) in [6.07, 6.45) is 0.571. The molecule has 0 saturated carbocycles. The highest BCUT2D eigenvalue weighted by Crippen LogP contribution is 2.21. The lowest BCUT2D eigenvalue weighted by Crippen LogP contribution is -2.45. The maximum atomic E-state index is 12.6. The number of amides is 1. The Balaban J connectivity index is 1.61. The van der Waals surface area contributed by atoms with Crippen LogP contribution in [-0.4, -0.2) is 35.6 Å². The molecule has 0 aliphatic carbocycles. The third-order valence-electron chi connectivity index (χ3n) is 4.95. The smallest absolute Gasteiger partial charge is 0.328 e. The fourth-order valence-electron chi connectivity index (χ4n) is 3.59. The van der Waals surface area contributed by atoms with E-state index in [4.69, 9.17) is 0 Å². The first-order chi connectivity index (χ1) is 12.9. The fraction of sp³-hybridized carbons (Fsp3) is 0.250. The lowest BCUT2D eigenvalue weighted by Gasteiger charge is -2.27. The first-order valence-electron chi connectivity index (χ1n) is 8.77.